The van der Waals surface area contributed by atoms with Crippen LogP contribution in [0.2, 0.25) is 0 Å². The lowest BCUT2D eigenvalue weighted by Crippen LogP contribution is -2.37. The van der Waals surface area contributed by atoms with E-state index in [1.807, 2.05) is 0 Å². The minimum atomic E-state index is -0.744. The van der Waals surface area contributed by atoms with Gasteiger partial charge in [-0.05, 0) is 39.0 Å². The van der Waals surface area contributed by atoms with E-state index in [0.29, 0.717) is 0 Å². The molecule has 26 heavy (non-hydrogen) atoms. The van der Waals surface area contributed by atoms with E-state index >= 15 is 0 Å². The van der Waals surface area contributed by atoms with Gasteiger partial charge in [0.05, 0.1) is 25.3 Å². The topological polar surface area (TPSA) is 120 Å². The Labute approximate surface area is 151 Å². The van der Waals surface area contributed by atoms with Crippen LogP contribution in [0.1, 0.15) is 41.5 Å². The maximum Gasteiger partial charge on any atom is 0.408 e. The lowest BCUT2D eigenvalue weighted by molar-refractivity contribution is -0.115. The van der Waals surface area contributed by atoms with Gasteiger partial charge in [-0.25, -0.2) is 14.4 Å². The fourth-order valence-corrected chi connectivity index (χ4v) is 1.84. The molecule has 1 aromatic rings. The Bertz CT molecular complexity index is 673. The van der Waals surface area contributed by atoms with Crippen molar-refractivity contribution in [2.45, 2.75) is 26.4 Å². The van der Waals surface area contributed by atoms with Gasteiger partial charge in [0, 0.05) is 5.69 Å². The Morgan fingerprint density at radius 3 is 1.85 bits per heavy atom. The van der Waals surface area contributed by atoms with Crippen molar-refractivity contribution in [3.63, 3.8) is 0 Å². The highest BCUT2D eigenvalue weighted by molar-refractivity contribution is 6.00. The molecule has 0 aliphatic heterocycles. The third-order valence-corrected chi connectivity index (χ3v) is 2.85. The first-order chi connectivity index (χ1) is 12.1. The van der Waals surface area contributed by atoms with Crippen molar-refractivity contribution in [3.05, 3.63) is 29.3 Å². The van der Waals surface area contributed by atoms with Crippen molar-refractivity contribution in [3.8, 4) is 0 Å². The molecule has 0 aromatic heterocycles. The first-order valence-corrected chi connectivity index (χ1v) is 7.64. The van der Waals surface area contributed by atoms with Crippen LogP contribution >= 0.6 is 0 Å². The first kappa shape index (κ1) is 20.9. The predicted molar refractivity (Wildman–Crippen MR) is 92.0 cm³/mol. The van der Waals surface area contributed by atoms with Gasteiger partial charge in [-0.15, -0.1) is 0 Å². The number of benzene rings is 1. The molecule has 1 rings (SSSR count). The Hall–Kier alpha value is -3.10. The number of carbonyl (C=O) groups excluding carboxylic acids is 4. The van der Waals surface area contributed by atoms with E-state index in [-0.39, 0.29) is 23.4 Å². The normalized spacial score (nSPS) is 10.5. The second kappa shape index (κ2) is 8.84. The number of rotatable bonds is 5. The fraction of sp³-hybridized carbons (Fsp3) is 0.412. The summed E-state index contributed by atoms with van der Waals surface area (Å²) in [5.74, 6) is -1.94. The van der Waals surface area contributed by atoms with Gasteiger partial charge in [0.15, 0.2) is 0 Å². The number of anilines is 1. The zero-order valence-corrected chi connectivity index (χ0v) is 15.3. The molecule has 0 saturated carbocycles. The minimum Gasteiger partial charge on any atom is -0.465 e. The smallest absolute Gasteiger partial charge is 0.408 e. The van der Waals surface area contributed by atoms with Crippen molar-refractivity contribution < 1.29 is 33.4 Å². The van der Waals surface area contributed by atoms with Gasteiger partial charge in [-0.1, -0.05) is 0 Å². The van der Waals surface area contributed by atoms with Crippen LogP contribution in [0, 0.1) is 0 Å². The van der Waals surface area contributed by atoms with E-state index in [0.717, 1.165) is 0 Å². The first-order valence-electron chi connectivity index (χ1n) is 7.64. The molecule has 0 fully saturated rings. The van der Waals surface area contributed by atoms with Gasteiger partial charge in [-0.3, -0.25) is 4.79 Å². The number of carbonyl (C=O) groups is 4. The molecular weight excluding hydrogens is 344 g/mol. The molecule has 2 N–H and O–H groups in total. The van der Waals surface area contributed by atoms with Crippen LogP contribution in [-0.4, -0.2) is 50.3 Å². The summed E-state index contributed by atoms with van der Waals surface area (Å²) in [6.45, 7) is 4.73. The maximum atomic E-state index is 12.0. The van der Waals surface area contributed by atoms with Crippen LogP contribution in [0.25, 0.3) is 0 Å². The van der Waals surface area contributed by atoms with E-state index in [9.17, 15) is 19.2 Å². The number of alkyl carbamates (subject to hydrolysis) is 1. The molecule has 1 aromatic carbocycles. The van der Waals surface area contributed by atoms with Crippen molar-refractivity contribution in [1.29, 1.82) is 0 Å². The van der Waals surface area contributed by atoms with Gasteiger partial charge in [0.2, 0.25) is 5.91 Å². The van der Waals surface area contributed by atoms with Crippen molar-refractivity contribution in [2.24, 2.45) is 0 Å². The molecule has 0 atom stereocenters. The highest BCUT2D eigenvalue weighted by atomic mass is 16.6. The molecule has 2 amide bonds. The second-order valence-corrected chi connectivity index (χ2v) is 6.19. The van der Waals surface area contributed by atoms with Gasteiger partial charge < -0.3 is 24.8 Å². The Balaban J connectivity index is 2.84. The molecule has 0 heterocycles. The number of esters is 2. The maximum absolute atomic E-state index is 12.0. The third-order valence-electron chi connectivity index (χ3n) is 2.85. The monoisotopic (exact) mass is 366 g/mol. The molecule has 0 aliphatic carbocycles. The van der Waals surface area contributed by atoms with Crippen LogP contribution in [0.3, 0.4) is 0 Å². The molecule has 9 heteroatoms. The lowest BCUT2D eigenvalue weighted by Gasteiger charge is -2.19. The summed E-state index contributed by atoms with van der Waals surface area (Å²) in [5, 5.41) is 4.77. The molecule has 0 aliphatic rings. The van der Waals surface area contributed by atoms with Crippen molar-refractivity contribution >= 4 is 29.6 Å². The SMILES string of the molecule is COC(=O)c1cc(NC(=O)CNC(=O)OC(C)(C)C)cc(C(=O)OC)c1. The van der Waals surface area contributed by atoms with Gasteiger partial charge in [0.25, 0.3) is 0 Å². The summed E-state index contributed by atoms with van der Waals surface area (Å²) in [6.07, 6.45) is -0.744. The summed E-state index contributed by atoms with van der Waals surface area (Å²) >= 11 is 0. The molecule has 142 valence electrons. The largest absolute Gasteiger partial charge is 0.465 e. The average molecular weight is 366 g/mol. The summed E-state index contributed by atoms with van der Waals surface area (Å²) < 4.78 is 14.2. The summed E-state index contributed by atoms with van der Waals surface area (Å²) in [4.78, 5) is 46.9. The summed E-state index contributed by atoms with van der Waals surface area (Å²) in [5.41, 5.74) is -0.397. The van der Waals surface area contributed by atoms with Gasteiger partial charge in [-0.2, -0.15) is 0 Å². The molecule has 0 spiro atoms. The number of ether oxygens (including phenoxy) is 3. The van der Waals surface area contributed by atoms with E-state index < -0.39 is 29.5 Å². The number of nitrogens with one attached hydrogen (secondary N) is 2. The standard InChI is InChI=1S/C17H22N2O7/c1-17(2,3)26-16(23)18-9-13(20)19-12-7-10(14(21)24-4)6-11(8-12)15(22)25-5/h6-8H,9H2,1-5H3,(H,18,23)(H,19,20). The van der Waals surface area contributed by atoms with Crippen LogP contribution in [0.5, 0.6) is 0 Å². The molecule has 0 saturated heterocycles. The zero-order chi connectivity index (χ0) is 19.9. The molecule has 0 radical (unpaired) electrons. The van der Waals surface area contributed by atoms with Gasteiger partial charge in [0.1, 0.15) is 12.1 Å². The minimum absolute atomic E-state index is 0.0609. The van der Waals surface area contributed by atoms with E-state index in [1.54, 1.807) is 20.8 Å². The Morgan fingerprint density at radius 2 is 1.42 bits per heavy atom. The molecule has 0 unspecified atom stereocenters. The summed E-state index contributed by atoms with van der Waals surface area (Å²) in [6, 6.07) is 3.96. The van der Waals surface area contributed by atoms with Gasteiger partial charge >= 0.3 is 18.0 Å². The lowest BCUT2D eigenvalue weighted by atomic mass is 10.1. The highest BCUT2D eigenvalue weighted by Gasteiger charge is 2.18. The number of amides is 2. The van der Waals surface area contributed by atoms with Crippen LogP contribution in [-0.2, 0) is 19.0 Å². The van der Waals surface area contributed by atoms with Crippen LogP contribution in [0.4, 0.5) is 10.5 Å². The second-order valence-electron chi connectivity index (χ2n) is 6.19. The molecular formula is C17H22N2O7. The zero-order valence-electron chi connectivity index (χ0n) is 15.3. The van der Waals surface area contributed by atoms with E-state index in [2.05, 4.69) is 20.1 Å². The summed E-state index contributed by atoms with van der Waals surface area (Å²) in [7, 11) is 2.38. The Morgan fingerprint density at radius 1 is 0.923 bits per heavy atom. The highest BCUT2D eigenvalue weighted by Crippen LogP contribution is 2.17. The number of methoxy groups -OCH3 is 2. The number of hydrogen-bond donors (Lipinski definition) is 2. The average Bonchev–Trinajstić information content (AvgIpc) is 2.56. The predicted octanol–water partition coefficient (Wildman–Crippen LogP) is 1.72. The molecule has 9 nitrogen and oxygen atoms in total. The van der Waals surface area contributed by atoms with Crippen LogP contribution in [0.15, 0.2) is 18.2 Å². The van der Waals surface area contributed by atoms with Crippen molar-refractivity contribution in [2.75, 3.05) is 26.1 Å². The van der Waals surface area contributed by atoms with E-state index in [4.69, 9.17) is 4.74 Å². The van der Waals surface area contributed by atoms with Crippen LogP contribution < -0.4 is 10.6 Å². The third kappa shape index (κ3) is 6.80. The van der Waals surface area contributed by atoms with E-state index in [1.165, 1.54) is 32.4 Å². The number of hydrogen-bond acceptors (Lipinski definition) is 7. The Kier molecular flexibility index (Phi) is 7.12. The fourth-order valence-electron chi connectivity index (χ4n) is 1.84. The quantitative estimate of drug-likeness (QED) is 0.601. The molecule has 0 bridgehead atoms. The van der Waals surface area contributed by atoms with Crippen molar-refractivity contribution in [1.82, 2.24) is 5.32 Å².